The third kappa shape index (κ3) is 5.07. The molecule has 0 bridgehead atoms. The van der Waals surface area contributed by atoms with Gasteiger partial charge in [-0.2, -0.15) is 23.0 Å². The second-order valence-corrected chi connectivity index (χ2v) is 9.63. The van der Waals surface area contributed by atoms with Gasteiger partial charge in [-0.1, -0.05) is 23.7 Å². The number of aromatic amines is 1. The van der Waals surface area contributed by atoms with Crippen LogP contribution in [0.1, 0.15) is 35.2 Å². The maximum absolute atomic E-state index is 13.6. The van der Waals surface area contributed by atoms with Gasteiger partial charge < -0.3 is 4.74 Å². The SMILES string of the molecule is COC(=O)C1=C(C)N(c2cccc(C(F)(F)F)c2)c2n[nH]c(=O)n2C1c1ccc(C#N)cc1C[n+]1cccc(Cl)c1. The molecule has 208 valence electrons. The Morgan fingerprint density at radius 2 is 2.00 bits per heavy atom. The zero-order valence-corrected chi connectivity index (χ0v) is 22.4. The molecular weight excluding hydrogens is 561 g/mol. The van der Waals surface area contributed by atoms with Crippen molar-refractivity contribution in [2.45, 2.75) is 25.7 Å². The number of nitrogens with one attached hydrogen (secondary N) is 1. The highest BCUT2D eigenvalue weighted by atomic mass is 35.5. The zero-order chi connectivity index (χ0) is 29.5. The molecule has 0 saturated carbocycles. The predicted molar refractivity (Wildman–Crippen MR) is 141 cm³/mol. The average molecular weight is 582 g/mol. The molecule has 41 heavy (non-hydrogen) atoms. The van der Waals surface area contributed by atoms with Crippen LogP contribution in [0.25, 0.3) is 0 Å². The van der Waals surface area contributed by atoms with Crippen LogP contribution < -0.4 is 15.2 Å². The van der Waals surface area contributed by atoms with Gasteiger partial charge >= 0.3 is 17.8 Å². The Hall–Kier alpha value is -4.89. The molecule has 1 aliphatic rings. The number of carbonyl (C=O) groups excluding carboxylic acids is 1. The number of esters is 1. The maximum Gasteiger partial charge on any atom is 0.416 e. The number of H-pyrrole nitrogens is 1. The molecule has 5 rings (SSSR count). The van der Waals surface area contributed by atoms with Crippen molar-refractivity contribution in [2.24, 2.45) is 0 Å². The van der Waals surface area contributed by atoms with E-state index < -0.39 is 29.4 Å². The Bertz CT molecular complexity index is 1800. The first-order chi connectivity index (χ1) is 19.5. The van der Waals surface area contributed by atoms with Crippen molar-refractivity contribution in [2.75, 3.05) is 12.0 Å². The van der Waals surface area contributed by atoms with E-state index in [1.54, 1.807) is 47.3 Å². The first kappa shape index (κ1) is 27.7. The minimum absolute atomic E-state index is 0.00274. The summed E-state index contributed by atoms with van der Waals surface area (Å²) < 4.78 is 48.8. The molecule has 0 fully saturated rings. The maximum atomic E-state index is 13.6. The third-order valence-electron chi connectivity index (χ3n) is 6.72. The van der Waals surface area contributed by atoms with Gasteiger partial charge in [0.15, 0.2) is 18.9 Å². The average Bonchev–Trinajstić information content (AvgIpc) is 3.32. The summed E-state index contributed by atoms with van der Waals surface area (Å²) in [5.41, 5.74) is 0.0245. The highest BCUT2D eigenvalue weighted by Crippen LogP contribution is 2.43. The second kappa shape index (κ2) is 10.6. The number of hydrogen-bond donors (Lipinski definition) is 1. The number of pyridine rings is 1. The monoisotopic (exact) mass is 581 g/mol. The second-order valence-electron chi connectivity index (χ2n) is 9.20. The Morgan fingerprint density at radius 1 is 1.22 bits per heavy atom. The summed E-state index contributed by atoms with van der Waals surface area (Å²) in [5, 5.41) is 16.5. The normalized spacial score (nSPS) is 15.0. The van der Waals surface area contributed by atoms with E-state index in [2.05, 4.69) is 16.3 Å². The van der Waals surface area contributed by atoms with Gasteiger partial charge in [0.05, 0.1) is 29.9 Å². The number of methoxy groups -OCH3 is 1. The van der Waals surface area contributed by atoms with Crippen LogP contribution in [0, 0.1) is 11.3 Å². The van der Waals surface area contributed by atoms with Crippen molar-refractivity contribution >= 4 is 29.2 Å². The topological polar surface area (TPSA) is 108 Å². The van der Waals surface area contributed by atoms with Crippen molar-refractivity contribution in [1.82, 2.24) is 14.8 Å². The molecule has 4 aromatic rings. The van der Waals surface area contributed by atoms with Gasteiger partial charge in [-0.05, 0) is 48.9 Å². The summed E-state index contributed by atoms with van der Waals surface area (Å²) in [4.78, 5) is 27.9. The van der Waals surface area contributed by atoms with E-state index in [1.807, 2.05) is 0 Å². The number of hydrogen-bond acceptors (Lipinski definition) is 6. The smallest absolute Gasteiger partial charge is 0.416 e. The minimum atomic E-state index is -4.63. The highest BCUT2D eigenvalue weighted by molar-refractivity contribution is 6.30. The molecule has 0 amide bonds. The standard InChI is InChI=1S/C28H20ClF3N6O3/c1-16-23(25(39)41-2)24(22-9-8-17(13-33)11-18(22)14-36-10-4-6-20(29)15-36)38-26(34-35-27(38)40)37(16)21-7-3-5-19(12-21)28(30,31)32/h3-12,15,24H,14H2,1-2H3/p+1. The molecule has 1 N–H and O–H groups in total. The molecule has 1 atom stereocenters. The number of nitrogens with zero attached hydrogens (tertiary/aromatic N) is 5. The van der Waals surface area contributed by atoms with E-state index in [-0.39, 0.29) is 29.5 Å². The number of carbonyl (C=O) groups is 1. The highest BCUT2D eigenvalue weighted by Gasteiger charge is 2.41. The lowest BCUT2D eigenvalue weighted by molar-refractivity contribution is -0.688. The molecule has 1 unspecified atom stereocenters. The van der Waals surface area contributed by atoms with E-state index in [0.717, 1.165) is 12.1 Å². The van der Waals surface area contributed by atoms with Crippen LogP contribution in [0.15, 0.2) is 83.1 Å². The predicted octanol–water partition coefficient (Wildman–Crippen LogP) is 4.64. The first-order valence-corrected chi connectivity index (χ1v) is 12.5. The van der Waals surface area contributed by atoms with Crippen LogP contribution in [0.3, 0.4) is 0 Å². The number of rotatable bonds is 5. The summed E-state index contributed by atoms with van der Waals surface area (Å²) in [6.45, 7) is 1.76. The van der Waals surface area contributed by atoms with Gasteiger partial charge in [0.1, 0.15) is 11.1 Å². The number of benzene rings is 2. The van der Waals surface area contributed by atoms with E-state index >= 15 is 0 Å². The number of ether oxygens (including phenoxy) is 1. The lowest BCUT2D eigenvalue weighted by Gasteiger charge is -2.36. The van der Waals surface area contributed by atoms with Crippen molar-refractivity contribution < 1.29 is 27.3 Å². The van der Waals surface area contributed by atoms with Crippen LogP contribution in [-0.2, 0) is 22.3 Å². The van der Waals surface area contributed by atoms with Crippen molar-refractivity contribution in [3.63, 3.8) is 0 Å². The summed E-state index contributed by atoms with van der Waals surface area (Å²) in [6.07, 6.45) is -1.18. The molecule has 0 saturated heterocycles. The van der Waals surface area contributed by atoms with Gasteiger partial charge in [-0.25, -0.2) is 19.3 Å². The molecule has 13 heteroatoms. The van der Waals surface area contributed by atoms with Gasteiger partial charge in [0.25, 0.3) is 0 Å². The molecule has 0 aliphatic carbocycles. The van der Waals surface area contributed by atoms with E-state index in [4.69, 9.17) is 16.3 Å². The fraction of sp³-hybridized carbons (Fsp3) is 0.179. The van der Waals surface area contributed by atoms with Crippen molar-refractivity contribution in [3.05, 3.63) is 116 Å². The summed E-state index contributed by atoms with van der Waals surface area (Å²) in [6, 6.07) is 13.7. The van der Waals surface area contributed by atoms with E-state index in [1.165, 1.54) is 35.6 Å². The molecular formula is C28H21ClF3N6O3+. The van der Waals surface area contributed by atoms with Crippen molar-refractivity contribution in [1.29, 1.82) is 5.26 Å². The largest absolute Gasteiger partial charge is 0.466 e. The Balaban J connectivity index is 1.77. The minimum Gasteiger partial charge on any atom is -0.466 e. The number of anilines is 2. The quantitative estimate of drug-likeness (QED) is 0.272. The molecule has 3 heterocycles. The number of halogens is 4. The van der Waals surface area contributed by atoms with Gasteiger partial charge in [0.2, 0.25) is 5.95 Å². The molecule has 1 aliphatic heterocycles. The molecule has 0 spiro atoms. The number of aromatic nitrogens is 4. The molecule has 0 radical (unpaired) electrons. The molecule has 2 aromatic heterocycles. The Morgan fingerprint density at radius 3 is 2.68 bits per heavy atom. The third-order valence-corrected chi connectivity index (χ3v) is 6.94. The number of fused-ring (bicyclic) bond motifs is 1. The van der Waals surface area contributed by atoms with Crippen molar-refractivity contribution in [3.8, 4) is 6.07 Å². The molecule has 9 nitrogen and oxygen atoms in total. The van der Waals surface area contributed by atoms with E-state index in [0.29, 0.717) is 21.7 Å². The van der Waals surface area contributed by atoms with Crippen LogP contribution in [0.2, 0.25) is 5.02 Å². The van der Waals surface area contributed by atoms with E-state index in [9.17, 15) is 28.0 Å². The summed E-state index contributed by atoms with van der Waals surface area (Å²) in [5.74, 6) is -0.829. The number of alkyl halides is 3. The van der Waals surface area contributed by atoms with Crippen LogP contribution in [0.5, 0.6) is 0 Å². The van der Waals surface area contributed by atoms with Gasteiger partial charge in [-0.15, -0.1) is 5.10 Å². The molecule has 2 aromatic carbocycles. The first-order valence-electron chi connectivity index (χ1n) is 12.1. The summed E-state index contributed by atoms with van der Waals surface area (Å²) in [7, 11) is 1.17. The summed E-state index contributed by atoms with van der Waals surface area (Å²) >= 11 is 6.17. The van der Waals surface area contributed by atoms with Crippen LogP contribution in [0.4, 0.5) is 24.8 Å². The van der Waals surface area contributed by atoms with Crippen LogP contribution >= 0.6 is 11.6 Å². The van der Waals surface area contributed by atoms with Gasteiger partial charge in [-0.3, -0.25) is 4.90 Å². The zero-order valence-electron chi connectivity index (χ0n) is 21.6. The lowest BCUT2D eigenvalue weighted by Crippen LogP contribution is -2.39. The lowest BCUT2D eigenvalue weighted by atomic mass is 9.90. The van der Waals surface area contributed by atoms with Crippen LogP contribution in [-0.4, -0.2) is 27.8 Å². The fourth-order valence-electron chi connectivity index (χ4n) is 4.94. The Kier molecular flexibility index (Phi) is 7.15. The number of allylic oxidation sites excluding steroid dienone is 1. The van der Waals surface area contributed by atoms with Gasteiger partial charge in [0, 0.05) is 23.0 Å². The fourth-order valence-corrected chi connectivity index (χ4v) is 5.14. The number of nitriles is 1. The Labute approximate surface area is 236 Å².